The Morgan fingerprint density at radius 3 is 2.50 bits per heavy atom. The third-order valence-corrected chi connectivity index (χ3v) is 2.09. The molecule has 108 valence electrons. The number of ketones is 1. The molecule has 1 N–H and O–H groups in total. The Morgan fingerprint density at radius 2 is 2.05 bits per heavy atom. The molecule has 1 rings (SSSR count). The average molecular weight is 289 g/mol. The third-order valence-electron chi connectivity index (χ3n) is 2.09. The van der Waals surface area contributed by atoms with Crippen molar-refractivity contribution >= 4 is 17.5 Å². The molecular formula is C12H10F3NO4. The van der Waals surface area contributed by atoms with Crippen LogP contribution in [0.25, 0.3) is 5.76 Å². The number of alkyl halides is 3. The molecule has 1 heterocycles. The maximum atomic E-state index is 12.3. The molecule has 0 fully saturated rings. The SMILES string of the molecule is CCOC(=O)C(=O)C=C(O)c1ccc(C(F)(F)F)nc1. The summed E-state index contributed by atoms with van der Waals surface area (Å²) in [4.78, 5) is 25.3. The first-order valence-electron chi connectivity index (χ1n) is 5.41. The van der Waals surface area contributed by atoms with E-state index in [1.54, 1.807) is 0 Å². The summed E-state index contributed by atoms with van der Waals surface area (Å²) in [6.07, 6.45) is -3.30. The number of aliphatic hydroxyl groups is 1. The molecule has 0 aliphatic heterocycles. The Labute approximate surface area is 111 Å². The van der Waals surface area contributed by atoms with Gasteiger partial charge >= 0.3 is 12.1 Å². The summed E-state index contributed by atoms with van der Waals surface area (Å²) < 4.78 is 41.2. The molecule has 0 atom stereocenters. The van der Waals surface area contributed by atoms with Crippen molar-refractivity contribution < 1.29 is 32.6 Å². The molecule has 0 amide bonds. The van der Waals surface area contributed by atoms with Crippen LogP contribution in [0.5, 0.6) is 0 Å². The number of pyridine rings is 1. The van der Waals surface area contributed by atoms with E-state index in [0.717, 1.165) is 12.3 Å². The van der Waals surface area contributed by atoms with Crippen molar-refractivity contribution in [3.63, 3.8) is 0 Å². The van der Waals surface area contributed by atoms with Gasteiger partial charge in [0.2, 0.25) is 0 Å². The first kappa shape index (κ1) is 15.7. The Balaban J connectivity index is 2.90. The predicted octanol–water partition coefficient (Wildman–Crippen LogP) is 2.13. The molecule has 0 spiro atoms. The highest BCUT2D eigenvalue weighted by Gasteiger charge is 2.32. The molecule has 0 saturated heterocycles. The Bertz CT molecular complexity index is 535. The fourth-order valence-corrected chi connectivity index (χ4v) is 1.18. The van der Waals surface area contributed by atoms with E-state index < -0.39 is 29.4 Å². The van der Waals surface area contributed by atoms with Gasteiger partial charge in [-0.25, -0.2) is 4.79 Å². The number of halogens is 3. The topological polar surface area (TPSA) is 76.5 Å². The van der Waals surface area contributed by atoms with Gasteiger partial charge in [-0.1, -0.05) is 0 Å². The lowest BCUT2D eigenvalue weighted by Gasteiger charge is -2.06. The van der Waals surface area contributed by atoms with Crippen LogP contribution >= 0.6 is 0 Å². The van der Waals surface area contributed by atoms with Crippen molar-refractivity contribution in [2.24, 2.45) is 0 Å². The molecule has 0 unspecified atom stereocenters. The van der Waals surface area contributed by atoms with Gasteiger partial charge in [0.25, 0.3) is 5.78 Å². The zero-order valence-corrected chi connectivity index (χ0v) is 10.3. The van der Waals surface area contributed by atoms with Crippen LogP contribution < -0.4 is 0 Å². The molecule has 20 heavy (non-hydrogen) atoms. The van der Waals surface area contributed by atoms with Gasteiger partial charge in [-0.3, -0.25) is 9.78 Å². The molecule has 0 radical (unpaired) electrons. The number of hydrogen-bond donors (Lipinski definition) is 1. The summed E-state index contributed by atoms with van der Waals surface area (Å²) in [5, 5.41) is 9.51. The highest BCUT2D eigenvalue weighted by Crippen LogP contribution is 2.27. The first-order valence-corrected chi connectivity index (χ1v) is 5.41. The lowest BCUT2D eigenvalue weighted by Crippen LogP contribution is -2.15. The molecule has 5 nitrogen and oxygen atoms in total. The number of ether oxygens (including phenoxy) is 1. The van der Waals surface area contributed by atoms with E-state index in [9.17, 15) is 27.9 Å². The molecular weight excluding hydrogens is 279 g/mol. The molecule has 0 aromatic carbocycles. The minimum absolute atomic E-state index is 0.0129. The maximum absolute atomic E-state index is 12.3. The number of aliphatic hydroxyl groups excluding tert-OH is 1. The van der Waals surface area contributed by atoms with Crippen molar-refractivity contribution in [3.8, 4) is 0 Å². The standard InChI is InChI=1S/C12H10F3NO4/c1-2-20-11(19)9(18)5-8(17)7-3-4-10(16-6-7)12(13,14)15/h3-6,17H,2H2,1H3. The van der Waals surface area contributed by atoms with Crippen LogP contribution in [0.4, 0.5) is 13.2 Å². The van der Waals surface area contributed by atoms with Gasteiger partial charge in [-0.05, 0) is 19.1 Å². The van der Waals surface area contributed by atoms with E-state index in [0.29, 0.717) is 12.1 Å². The van der Waals surface area contributed by atoms with E-state index in [1.807, 2.05) is 0 Å². The van der Waals surface area contributed by atoms with Gasteiger partial charge in [0, 0.05) is 17.8 Å². The molecule has 1 aromatic rings. The van der Waals surface area contributed by atoms with Crippen molar-refractivity contribution in [1.82, 2.24) is 4.98 Å². The number of aromatic nitrogens is 1. The van der Waals surface area contributed by atoms with Crippen LogP contribution in [0.2, 0.25) is 0 Å². The molecule has 0 aliphatic rings. The summed E-state index contributed by atoms with van der Waals surface area (Å²) in [5.41, 5.74) is -1.26. The highest BCUT2D eigenvalue weighted by atomic mass is 19.4. The number of rotatable bonds is 4. The summed E-state index contributed by atoms with van der Waals surface area (Å²) >= 11 is 0. The van der Waals surface area contributed by atoms with Crippen molar-refractivity contribution in [2.75, 3.05) is 6.61 Å². The van der Waals surface area contributed by atoms with Gasteiger partial charge < -0.3 is 9.84 Å². The Hall–Kier alpha value is -2.38. The van der Waals surface area contributed by atoms with Crippen LogP contribution in [0.1, 0.15) is 18.2 Å². The monoisotopic (exact) mass is 289 g/mol. The lowest BCUT2D eigenvalue weighted by atomic mass is 10.2. The Morgan fingerprint density at radius 1 is 1.40 bits per heavy atom. The summed E-state index contributed by atoms with van der Waals surface area (Å²) in [7, 11) is 0. The number of esters is 1. The molecule has 1 aromatic heterocycles. The summed E-state index contributed by atoms with van der Waals surface area (Å²) in [5.74, 6) is -2.97. The minimum atomic E-state index is -4.60. The highest BCUT2D eigenvalue weighted by molar-refractivity contribution is 6.39. The van der Waals surface area contributed by atoms with Crippen molar-refractivity contribution in [2.45, 2.75) is 13.1 Å². The predicted molar refractivity (Wildman–Crippen MR) is 61.5 cm³/mol. The summed E-state index contributed by atoms with van der Waals surface area (Å²) in [6.45, 7) is 1.48. The van der Waals surface area contributed by atoms with E-state index in [1.165, 1.54) is 6.92 Å². The fourth-order valence-electron chi connectivity index (χ4n) is 1.18. The van der Waals surface area contributed by atoms with Gasteiger partial charge in [-0.2, -0.15) is 13.2 Å². The quantitative estimate of drug-likeness (QED) is 0.398. The smallest absolute Gasteiger partial charge is 0.433 e. The van der Waals surface area contributed by atoms with Gasteiger partial charge in [0.05, 0.1) is 6.61 Å². The molecule has 0 saturated carbocycles. The number of carbonyl (C=O) groups is 2. The second-order valence-corrected chi connectivity index (χ2v) is 3.54. The molecule has 0 aliphatic carbocycles. The van der Waals surface area contributed by atoms with E-state index >= 15 is 0 Å². The largest absolute Gasteiger partial charge is 0.507 e. The van der Waals surface area contributed by atoms with Crippen LogP contribution in [-0.4, -0.2) is 28.4 Å². The first-order chi connectivity index (χ1) is 9.25. The lowest BCUT2D eigenvalue weighted by molar-refractivity contribution is -0.151. The third kappa shape index (κ3) is 4.08. The van der Waals surface area contributed by atoms with Gasteiger partial charge in [-0.15, -0.1) is 0 Å². The second-order valence-electron chi connectivity index (χ2n) is 3.54. The van der Waals surface area contributed by atoms with Crippen molar-refractivity contribution in [1.29, 1.82) is 0 Å². The zero-order valence-electron chi connectivity index (χ0n) is 10.3. The van der Waals surface area contributed by atoms with Crippen molar-refractivity contribution in [3.05, 3.63) is 35.7 Å². The molecule has 8 heteroatoms. The average Bonchev–Trinajstić information content (AvgIpc) is 2.38. The van der Waals surface area contributed by atoms with Crippen LogP contribution in [-0.2, 0) is 20.5 Å². The van der Waals surface area contributed by atoms with E-state index in [4.69, 9.17) is 0 Å². The van der Waals surface area contributed by atoms with Crippen LogP contribution in [0.3, 0.4) is 0 Å². The van der Waals surface area contributed by atoms with E-state index in [-0.39, 0.29) is 12.2 Å². The van der Waals surface area contributed by atoms with Crippen LogP contribution in [0.15, 0.2) is 24.4 Å². The normalized spacial score (nSPS) is 12.1. The molecule has 0 bridgehead atoms. The van der Waals surface area contributed by atoms with Gasteiger partial charge in [0.1, 0.15) is 11.5 Å². The van der Waals surface area contributed by atoms with E-state index in [2.05, 4.69) is 9.72 Å². The zero-order chi connectivity index (χ0) is 15.3. The fraction of sp³-hybridized carbons (Fsp3) is 0.250. The second kappa shape index (κ2) is 6.18. The Kier molecular flexibility index (Phi) is 4.84. The maximum Gasteiger partial charge on any atom is 0.433 e. The number of nitrogens with zero attached hydrogens (tertiary/aromatic N) is 1. The number of carbonyl (C=O) groups excluding carboxylic acids is 2. The van der Waals surface area contributed by atoms with Gasteiger partial charge in [0.15, 0.2) is 0 Å². The number of hydrogen-bond acceptors (Lipinski definition) is 5. The van der Waals surface area contributed by atoms with Crippen LogP contribution in [0, 0.1) is 0 Å². The summed E-state index contributed by atoms with van der Waals surface area (Å²) in [6, 6.07) is 1.58. The minimum Gasteiger partial charge on any atom is -0.507 e.